The summed E-state index contributed by atoms with van der Waals surface area (Å²) in [6.45, 7) is 1.51. The maximum Gasteiger partial charge on any atom is 0.352 e. The van der Waals surface area contributed by atoms with Gasteiger partial charge in [0.15, 0.2) is 0 Å². The van der Waals surface area contributed by atoms with Crippen LogP contribution in [0.2, 0.25) is 0 Å². The maximum absolute atomic E-state index is 15.3. The third-order valence-corrected chi connectivity index (χ3v) is 6.51. The van der Waals surface area contributed by atoms with Crippen LogP contribution < -0.4 is 5.32 Å². The highest BCUT2D eigenvalue weighted by Gasteiger charge is 2.53. The lowest BCUT2D eigenvalue weighted by Gasteiger charge is -2.40. The van der Waals surface area contributed by atoms with Gasteiger partial charge < -0.3 is 15.0 Å². The summed E-state index contributed by atoms with van der Waals surface area (Å²) >= 11 is 0. The summed E-state index contributed by atoms with van der Waals surface area (Å²) in [6, 6.07) is 5.59. The quantitative estimate of drug-likeness (QED) is 0.648. The molecular formula is C24H24F4N2O3. The molecule has 0 aromatic heterocycles. The van der Waals surface area contributed by atoms with Crippen LogP contribution in [-0.4, -0.2) is 42.0 Å². The van der Waals surface area contributed by atoms with Crippen LogP contribution in [-0.2, 0) is 15.5 Å². The van der Waals surface area contributed by atoms with E-state index in [0.717, 1.165) is 18.2 Å². The van der Waals surface area contributed by atoms with Crippen LogP contribution in [0.4, 0.5) is 23.2 Å². The fourth-order valence-corrected chi connectivity index (χ4v) is 4.76. The van der Waals surface area contributed by atoms with E-state index in [4.69, 9.17) is 4.74 Å². The van der Waals surface area contributed by atoms with Gasteiger partial charge in [-0.2, -0.15) is 8.78 Å². The van der Waals surface area contributed by atoms with Crippen molar-refractivity contribution in [3.8, 4) is 0 Å². The lowest BCUT2D eigenvalue weighted by molar-refractivity contribution is -0.166. The topological polar surface area (TPSA) is 58.6 Å². The molecule has 0 spiro atoms. The Hall–Kier alpha value is -2.94. The predicted molar refractivity (Wildman–Crippen MR) is 113 cm³/mol. The maximum atomic E-state index is 15.3. The summed E-state index contributed by atoms with van der Waals surface area (Å²) in [6.07, 6.45) is 2.00. The van der Waals surface area contributed by atoms with Gasteiger partial charge in [-0.1, -0.05) is 0 Å². The number of methoxy groups -OCH3 is 1. The van der Waals surface area contributed by atoms with Crippen LogP contribution in [0.1, 0.15) is 47.2 Å². The SMILES string of the molecule is COC1CC2CC[C@H](C1)N2C(=O)C(F)(F)c1cc(C(=O)Nc2ccc(F)c(C)c2)ccc1F. The summed E-state index contributed by atoms with van der Waals surface area (Å²) in [5.74, 6) is -8.13. The minimum Gasteiger partial charge on any atom is -0.381 e. The largest absolute Gasteiger partial charge is 0.381 e. The van der Waals surface area contributed by atoms with E-state index < -0.39 is 34.9 Å². The number of rotatable bonds is 5. The summed E-state index contributed by atoms with van der Waals surface area (Å²) in [7, 11) is 1.55. The third kappa shape index (κ3) is 4.34. The molecule has 2 aliphatic heterocycles. The molecule has 2 heterocycles. The molecule has 4 rings (SSSR count). The smallest absolute Gasteiger partial charge is 0.352 e. The zero-order valence-corrected chi connectivity index (χ0v) is 18.2. The second-order valence-electron chi connectivity index (χ2n) is 8.61. The number of anilines is 1. The third-order valence-electron chi connectivity index (χ3n) is 6.51. The zero-order chi connectivity index (χ0) is 23.9. The fourth-order valence-electron chi connectivity index (χ4n) is 4.76. The molecule has 0 saturated carbocycles. The average molecular weight is 464 g/mol. The number of aryl methyl sites for hydroxylation is 1. The number of carbonyl (C=O) groups is 2. The number of hydrogen-bond donors (Lipinski definition) is 1. The van der Waals surface area contributed by atoms with E-state index in [9.17, 15) is 18.4 Å². The van der Waals surface area contributed by atoms with E-state index in [1.54, 1.807) is 7.11 Å². The standard InChI is InChI=1S/C24H24F4N2O3/c1-13-9-15(4-8-20(13)25)29-22(31)14-3-7-21(26)19(10-14)24(27,28)23(32)30-16-5-6-17(30)12-18(11-16)33-2/h3-4,7-10,16-18H,5-6,11-12H2,1-2H3,(H,29,31)/t16-,17?,18?/m1/s1. The zero-order valence-electron chi connectivity index (χ0n) is 18.2. The van der Waals surface area contributed by atoms with Crippen LogP contribution in [0.3, 0.4) is 0 Å². The molecule has 3 atom stereocenters. The Morgan fingerprint density at radius 1 is 1.03 bits per heavy atom. The van der Waals surface area contributed by atoms with Crippen LogP contribution in [0.15, 0.2) is 36.4 Å². The van der Waals surface area contributed by atoms with Gasteiger partial charge in [0.1, 0.15) is 11.6 Å². The molecule has 1 N–H and O–H groups in total. The molecule has 9 heteroatoms. The summed E-state index contributed by atoms with van der Waals surface area (Å²) in [5.41, 5.74) is -0.854. The van der Waals surface area contributed by atoms with Gasteiger partial charge in [-0.3, -0.25) is 9.59 Å². The molecule has 2 aliphatic rings. The Bertz CT molecular complexity index is 1080. The van der Waals surface area contributed by atoms with Gasteiger partial charge in [0.2, 0.25) is 0 Å². The summed E-state index contributed by atoms with van der Waals surface area (Å²) in [4.78, 5) is 26.6. The van der Waals surface area contributed by atoms with Crippen molar-refractivity contribution in [2.75, 3.05) is 12.4 Å². The fraction of sp³-hybridized carbons (Fsp3) is 0.417. The molecule has 176 valence electrons. The van der Waals surface area contributed by atoms with Crippen molar-refractivity contribution in [1.82, 2.24) is 4.90 Å². The second-order valence-corrected chi connectivity index (χ2v) is 8.61. The molecule has 2 fully saturated rings. The number of piperidine rings is 1. The first-order valence-electron chi connectivity index (χ1n) is 10.7. The van der Waals surface area contributed by atoms with E-state index in [1.807, 2.05) is 0 Å². The highest BCUT2D eigenvalue weighted by molar-refractivity contribution is 6.04. The number of carbonyl (C=O) groups excluding carboxylic acids is 2. The molecule has 2 unspecified atom stereocenters. The van der Waals surface area contributed by atoms with Crippen LogP contribution >= 0.6 is 0 Å². The number of hydrogen-bond acceptors (Lipinski definition) is 3. The molecule has 2 aromatic rings. The van der Waals surface area contributed by atoms with Crippen molar-refractivity contribution in [2.24, 2.45) is 0 Å². The van der Waals surface area contributed by atoms with Crippen molar-refractivity contribution < 1.29 is 31.9 Å². The molecule has 2 amide bonds. The van der Waals surface area contributed by atoms with Crippen molar-refractivity contribution >= 4 is 17.5 Å². The van der Waals surface area contributed by atoms with Crippen molar-refractivity contribution in [2.45, 2.75) is 56.7 Å². The van der Waals surface area contributed by atoms with E-state index in [0.29, 0.717) is 31.7 Å². The van der Waals surface area contributed by atoms with Crippen LogP contribution in [0.5, 0.6) is 0 Å². The van der Waals surface area contributed by atoms with Gasteiger partial charge in [0.25, 0.3) is 11.8 Å². The van der Waals surface area contributed by atoms with Gasteiger partial charge in [-0.25, -0.2) is 8.78 Å². The lowest BCUT2D eigenvalue weighted by atomic mass is 9.96. The van der Waals surface area contributed by atoms with Crippen molar-refractivity contribution in [3.63, 3.8) is 0 Å². The van der Waals surface area contributed by atoms with E-state index in [1.165, 1.54) is 24.0 Å². The number of ether oxygens (including phenoxy) is 1. The van der Waals surface area contributed by atoms with Gasteiger partial charge in [-0.05, 0) is 74.6 Å². The Morgan fingerprint density at radius 3 is 2.27 bits per heavy atom. The Morgan fingerprint density at radius 2 is 1.67 bits per heavy atom. The molecular weight excluding hydrogens is 440 g/mol. The van der Waals surface area contributed by atoms with Gasteiger partial charge in [-0.15, -0.1) is 0 Å². The van der Waals surface area contributed by atoms with Crippen molar-refractivity contribution in [1.29, 1.82) is 0 Å². The first-order valence-corrected chi connectivity index (χ1v) is 10.7. The lowest BCUT2D eigenvalue weighted by Crippen LogP contribution is -2.53. The molecule has 2 bridgehead atoms. The highest BCUT2D eigenvalue weighted by Crippen LogP contribution is 2.42. The average Bonchev–Trinajstić information content (AvgIpc) is 3.04. The Kier molecular flexibility index (Phi) is 6.18. The van der Waals surface area contributed by atoms with Gasteiger partial charge in [0, 0.05) is 30.4 Å². The molecule has 33 heavy (non-hydrogen) atoms. The number of alkyl halides is 2. The number of fused-ring (bicyclic) bond motifs is 2. The first kappa shape index (κ1) is 23.2. The number of benzene rings is 2. The van der Waals surface area contributed by atoms with Crippen LogP contribution in [0, 0.1) is 18.6 Å². The van der Waals surface area contributed by atoms with Crippen LogP contribution in [0.25, 0.3) is 0 Å². The molecule has 2 aromatic carbocycles. The number of amides is 2. The molecule has 0 aliphatic carbocycles. The molecule has 5 nitrogen and oxygen atoms in total. The second kappa shape index (κ2) is 8.78. The number of halogens is 4. The normalized spacial score (nSPS) is 22.4. The van der Waals surface area contributed by atoms with Crippen molar-refractivity contribution in [3.05, 3.63) is 64.7 Å². The summed E-state index contributed by atoms with van der Waals surface area (Å²) < 4.78 is 63.8. The summed E-state index contributed by atoms with van der Waals surface area (Å²) in [5, 5.41) is 2.47. The minimum absolute atomic E-state index is 0.0981. The van der Waals surface area contributed by atoms with E-state index in [2.05, 4.69) is 5.32 Å². The number of nitrogens with zero attached hydrogens (tertiary/aromatic N) is 1. The monoisotopic (exact) mass is 464 g/mol. The van der Waals surface area contributed by atoms with E-state index >= 15 is 8.78 Å². The molecule has 2 saturated heterocycles. The predicted octanol–water partition coefficient (Wildman–Crippen LogP) is 4.79. The molecule has 0 radical (unpaired) electrons. The minimum atomic E-state index is -4.15. The highest BCUT2D eigenvalue weighted by atomic mass is 19.3. The van der Waals surface area contributed by atoms with E-state index in [-0.39, 0.29) is 35.0 Å². The van der Waals surface area contributed by atoms with Gasteiger partial charge in [0.05, 0.1) is 11.7 Å². The number of nitrogens with one attached hydrogen (secondary N) is 1. The Balaban J connectivity index is 1.58. The van der Waals surface area contributed by atoms with Gasteiger partial charge >= 0.3 is 5.92 Å². The Labute approximate surface area is 188 Å². The first-order chi connectivity index (χ1) is 15.6.